The molecule has 0 saturated carbocycles. The van der Waals surface area contributed by atoms with Gasteiger partial charge in [-0.15, -0.1) is 0 Å². The number of hydrogen-bond donors (Lipinski definition) is 1. The zero-order chi connectivity index (χ0) is 18.8. The van der Waals surface area contributed by atoms with Crippen LogP contribution in [0.5, 0.6) is 5.75 Å². The summed E-state index contributed by atoms with van der Waals surface area (Å²) in [5.41, 5.74) is 2.58. The number of carbonyl (C=O) groups excluding carboxylic acids is 1. The molecule has 0 radical (unpaired) electrons. The zero-order valence-corrected chi connectivity index (χ0v) is 15.4. The van der Waals surface area contributed by atoms with E-state index in [4.69, 9.17) is 16.3 Å². The lowest BCUT2D eigenvalue weighted by Crippen LogP contribution is -2.45. The first-order valence-electron chi connectivity index (χ1n) is 8.39. The maximum absolute atomic E-state index is 12.8. The van der Waals surface area contributed by atoms with Crippen molar-refractivity contribution in [3.63, 3.8) is 0 Å². The van der Waals surface area contributed by atoms with E-state index < -0.39 is 18.0 Å². The van der Waals surface area contributed by atoms with E-state index in [1.165, 1.54) is 4.90 Å². The number of halogens is 1. The van der Waals surface area contributed by atoms with E-state index >= 15 is 0 Å². The highest BCUT2D eigenvalue weighted by atomic mass is 35.5. The van der Waals surface area contributed by atoms with E-state index in [0.717, 1.165) is 16.7 Å². The molecular formula is C20H20ClNO4. The second-order valence-electron chi connectivity index (χ2n) is 6.50. The average molecular weight is 374 g/mol. The Morgan fingerprint density at radius 2 is 2.00 bits per heavy atom. The fourth-order valence-corrected chi connectivity index (χ4v) is 3.35. The van der Waals surface area contributed by atoms with Gasteiger partial charge in [-0.2, -0.15) is 0 Å². The number of carbonyl (C=O) groups is 2. The monoisotopic (exact) mass is 373 g/mol. The maximum atomic E-state index is 12.8. The van der Waals surface area contributed by atoms with Gasteiger partial charge >= 0.3 is 5.97 Å². The molecule has 2 aromatic carbocycles. The second kappa shape index (κ2) is 7.38. The molecule has 26 heavy (non-hydrogen) atoms. The van der Waals surface area contributed by atoms with Crippen molar-refractivity contribution in [3.05, 3.63) is 64.2 Å². The van der Waals surface area contributed by atoms with Crippen LogP contribution in [-0.2, 0) is 16.1 Å². The molecule has 6 heteroatoms. The highest BCUT2D eigenvalue weighted by Crippen LogP contribution is 2.30. The fourth-order valence-electron chi connectivity index (χ4n) is 3.18. The molecule has 136 valence electrons. The minimum atomic E-state index is -0.940. The van der Waals surface area contributed by atoms with Crippen molar-refractivity contribution in [1.82, 2.24) is 4.90 Å². The first-order chi connectivity index (χ1) is 12.4. The van der Waals surface area contributed by atoms with Crippen molar-refractivity contribution in [2.24, 2.45) is 0 Å². The Kier molecular flexibility index (Phi) is 5.18. The predicted molar refractivity (Wildman–Crippen MR) is 98.5 cm³/mol. The van der Waals surface area contributed by atoms with Crippen LogP contribution in [0, 0.1) is 6.92 Å². The van der Waals surface area contributed by atoms with E-state index in [2.05, 4.69) is 0 Å². The topological polar surface area (TPSA) is 66.8 Å². The molecule has 1 aliphatic heterocycles. The normalized spacial score (nSPS) is 17.3. The van der Waals surface area contributed by atoms with Crippen LogP contribution >= 0.6 is 11.6 Å². The Morgan fingerprint density at radius 1 is 1.27 bits per heavy atom. The first-order valence-corrected chi connectivity index (χ1v) is 8.77. The summed E-state index contributed by atoms with van der Waals surface area (Å²) in [7, 11) is 0. The quantitative estimate of drug-likeness (QED) is 0.888. The standard InChI is InChI=1S/C20H20ClNO4/c1-12-7-8-17(21)18(9-12)26-13(2)19(23)22-10-14-5-3-4-6-15(14)16(11-22)20(24)25/h3-9,13,16H,10-11H2,1-2H3,(H,24,25). The van der Waals surface area contributed by atoms with Crippen molar-refractivity contribution >= 4 is 23.5 Å². The van der Waals surface area contributed by atoms with E-state index in [9.17, 15) is 14.7 Å². The van der Waals surface area contributed by atoms with E-state index in [-0.39, 0.29) is 12.5 Å². The fraction of sp³-hybridized carbons (Fsp3) is 0.300. The van der Waals surface area contributed by atoms with Gasteiger partial charge in [-0.05, 0) is 42.7 Å². The Balaban J connectivity index is 1.79. The molecule has 1 amide bonds. The molecule has 0 spiro atoms. The average Bonchev–Trinajstić information content (AvgIpc) is 2.63. The van der Waals surface area contributed by atoms with Gasteiger partial charge in [0.05, 0.1) is 10.9 Å². The Labute approximate surface area is 157 Å². The zero-order valence-electron chi connectivity index (χ0n) is 14.6. The smallest absolute Gasteiger partial charge is 0.312 e. The summed E-state index contributed by atoms with van der Waals surface area (Å²) in [5.74, 6) is -1.49. The number of rotatable bonds is 4. The summed E-state index contributed by atoms with van der Waals surface area (Å²) in [5, 5.41) is 9.97. The van der Waals surface area contributed by atoms with Crippen LogP contribution in [0.25, 0.3) is 0 Å². The molecule has 3 rings (SSSR count). The van der Waals surface area contributed by atoms with Gasteiger partial charge in [0.25, 0.3) is 5.91 Å². The number of aryl methyl sites for hydroxylation is 1. The van der Waals surface area contributed by atoms with Gasteiger partial charge in [-0.3, -0.25) is 9.59 Å². The maximum Gasteiger partial charge on any atom is 0.312 e. The minimum Gasteiger partial charge on any atom is -0.481 e. The summed E-state index contributed by atoms with van der Waals surface area (Å²) in [6, 6.07) is 12.7. The van der Waals surface area contributed by atoms with Gasteiger partial charge in [0.1, 0.15) is 5.75 Å². The number of ether oxygens (including phenoxy) is 1. The highest BCUT2D eigenvalue weighted by molar-refractivity contribution is 6.32. The minimum absolute atomic E-state index is 0.125. The molecule has 2 aromatic rings. The van der Waals surface area contributed by atoms with Gasteiger partial charge in [0.2, 0.25) is 0 Å². The molecule has 2 atom stereocenters. The molecule has 1 heterocycles. The lowest BCUT2D eigenvalue weighted by molar-refractivity contribution is -0.143. The molecule has 0 aliphatic carbocycles. The van der Waals surface area contributed by atoms with Gasteiger partial charge in [-0.25, -0.2) is 0 Å². The third-order valence-electron chi connectivity index (χ3n) is 4.54. The highest BCUT2D eigenvalue weighted by Gasteiger charge is 2.34. The summed E-state index contributed by atoms with van der Waals surface area (Å²) in [4.78, 5) is 26.0. The molecule has 2 unspecified atom stereocenters. The molecule has 5 nitrogen and oxygen atoms in total. The summed E-state index contributed by atoms with van der Waals surface area (Å²) < 4.78 is 5.75. The molecule has 0 saturated heterocycles. The van der Waals surface area contributed by atoms with Crippen LogP contribution in [-0.4, -0.2) is 34.5 Å². The van der Waals surface area contributed by atoms with Crippen LogP contribution in [0.15, 0.2) is 42.5 Å². The van der Waals surface area contributed by atoms with Crippen molar-refractivity contribution in [2.75, 3.05) is 6.54 Å². The predicted octanol–water partition coefficient (Wildman–Crippen LogP) is 3.63. The number of hydrogen-bond acceptors (Lipinski definition) is 3. The lowest BCUT2D eigenvalue weighted by Gasteiger charge is -2.34. The summed E-state index contributed by atoms with van der Waals surface area (Å²) in [6.45, 7) is 4.06. The summed E-state index contributed by atoms with van der Waals surface area (Å²) >= 11 is 6.13. The molecule has 0 fully saturated rings. The summed E-state index contributed by atoms with van der Waals surface area (Å²) in [6.07, 6.45) is -0.769. The van der Waals surface area contributed by atoms with Crippen LogP contribution in [0.4, 0.5) is 0 Å². The van der Waals surface area contributed by atoms with Gasteiger partial charge in [0, 0.05) is 13.1 Å². The number of carboxylic acids is 1. The molecule has 1 N–H and O–H groups in total. The Morgan fingerprint density at radius 3 is 2.73 bits per heavy atom. The van der Waals surface area contributed by atoms with Crippen LogP contribution in [0.3, 0.4) is 0 Å². The van der Waals surface area contributed by atoms with E-state index in [1.54, 1.807) is 19.1 Å². The lowest BCUT2D eigenvalue weighted by atomic mass is 9.89. The Hall–Kier alpha value is -2.53. The van der Waals surface area contributed by atoms with E-state index in [1.807, 2.05) is 37.3 Å². The molecule has 0 bridgehead atoms. The van der Waals surface area contributed by atoms with Gasteiger partial charge < -0.3 is 14.7 Å². The largest absolute Gasteiger partial charge is 0.481 e. The third kappa shape index (κ3) is 3.68. The van der Waals surface area contributed by atoms with Crippen molar-refractivity contribution < 1.29 is 19.4 Å². The number of carboxylic acid groups (broad SMARTS) is 1. The van der Waals surface area contributed by atoms with Crippen molar-refractivity contribution in [3.8, 4) is 5.75 Å². The number of benzene rings is 2. The van der Waals surface area contributed by atoms with Crippen molar-refractivity contribution in [2.45, 2.75) is 32.4 Å². The molecule has 1 aliphatic rings. The number of fused-ring (bicyclic) bond motifs is 1. The van der Waals surface area contributed by atoms with Crippen LogP contribution in [0.2, 0.25) is 5.02 Å². The second-order valence-corrected chi connectivity index (χ2v) is 6.91. The van der Waals surface area contributed by atoms with Crippen LogP contribution in [0.1, 0.15) is 29.5 Å². The van der Waals surface area contributed by atoms with Gasteiger partial charge in [-0.1, -0.05) is 41.9 Å². The van der Waals surface area contributed by atoms with Crippen molar-refractivity contribution in [1.29, 1.82) is 0 Å². The van der Waals surface area contributed by atoms with E-state index in [0.29, 0.717) is 17.3 Å². The third-order valence-corrected chi connectivity index (χ3v) is 4.85. The number of amides is 1. The molecular weight excluding hydrogens is 354 g/mol. The number of nitrogens with zero attached hydrogens (tertiary/aromatic N) is 1. The van der Waals surface area contributed by atoms with Crippen LogP contribution < -0.4 is 4.74 Å². The number of aliphatic carboxylic acids is 1. The Bertz CT molecular complexity index is 851. The molecule has 0 aromatic heterocycles. The SMILES string of the molecule is Cc1ccc(Cl)c(OC(C)C(=O)N2Cc3ccccc3C(C(=O)O)C2)c1. The first kappa shape index (κ1) is 18.3. The van der Waals surface area contributed by atoms with Gasteiger partial charge in [0.15, 0.2) is 6.10 Å².